The molecule has 160 valence electrons. The molecular formula is C20H28N2O6S. The average Bonchev–Trinajstić information content (AvgIpc) is 2.71. The quantitative estimate of drug-likeness (QED) is 0.683. The van der Waals surface area contributed by atoms with Gasteiger partial charge in [-0.3, -0.25) is 9.59 Å². The number of nitrogens with zero attached hydrogens (tertiary/aromatic N) is 2. The largest absolute Gasteiger partial charge is 0.492 e. The summed E-state index contributed by atoms with van der Waals surface area (Å²) in [4.78, 5) is 26.2. The van der Waals surface area contributed by atoms with Crippen molar-refractivity contribution >= 4 is 21.9 Å². The van der Waals surface area contributed by atoms with Crippen LogP contribution in [0.2, 0.25) is 0 Å². The van der Waals surface area contributed by atoms with Crippen molar-refractivity contribution in [2.24, 2.45) is 11.3 Å². The Kier molecular flexibility index (Phi) is 6.19. The average molecular weight is 425 g/mol. The molecule has 1 saturated heterocycles. The van der Waals surface area contributed by atoms with Gasteiger partial charge in [0, 0.05) is 31.0 Å². The molecule has 0 unspecified atom stereocenters. The van der Waals surface area contributed by atoms with Gasteiger partial charge >= 0.3 is 5.97 Å². The lowest BCUT2D eigenvalue weighted by Gasteiger charge is -2.45. The predicted octanol–water partition coefficient (Wildman–Crippen LogP) is 1.51. The van der Waals surface area contributed by atoms with Gasteiger partial charge in [-0.2, -0.15) is 4.31 Å². The van der Waals surface area contributed by atoms with Crippen LogP contribution < -0.4 is 4.74 Å². The maximum Gasteiger partial charge on any atom is 0.321 e. The Hall–Kier alpha value is -2.13. The minimum absolute atomic E-state index is 0.0474. The van der Waals surface area contributed by atoms with Crippen molar-refractivity contribution < 1.29 is 27.5 Å². The molecule has 0 radical (unpaired) electrons. The number of likely N-dealkylation sites (tertiary alicyclic amines) is 1. The Morgan fingerprint density at radius 3 is 2.48 bits per heavy atom. The topological polar surface area (TPSA) is 93.2 Å². The van der Waals surface area contributed by atoms with Crippen LogP contribution in [0.25, 0.3) is 0 Å². The molecule has 1 spiro atoms. The third-order valence-corrected chi connectivity index (χ3v) is 7.51. The molecule has 8 nitrogen and oxygen atoms in total. The number of fused-ring (bicyclic) bond motifs is 1. The standard InChI is InChI=1S/C20H28N2O6S/c1-15(2)19(24)21-10-8-20(9-11-21)13-22(12-18(23)27-3)29(25,26)17-7-5-4-6-16(17)28-14-20/h4-7,15H,8-14H2,1-3H3. The van der Waals surface area contributed by atoms with Gasteiger partial charge < -0.3 is 14.4 Å². The lowest BCUT2D eigenvalue weighted by molar-refractivity contribution is -0.141. The molecule has 9 heteroatoms. The number of rotatable bonds is 3. The Labute approximate surface area is 171 Å². The first-order valence-corrected chi connectivity index (χ1v) is 11.2. The number of carbonyl (C=O) groups excluding carboxylic acids is 2. The van der Waals surface area contributed by atoms with Crippen LogP contribution in [0.4, 0.5) is 0 Å². The second-order valence-corrected chi connectivity index (χ2v) is 9.97. The van der Waals surface area contributed by atoms with Crippen molar-refractivity contribution in [3.63, 3.8) is 0 Å². The Bertz CT molecular complexity index is 875. The van der Waals surface area contributed by atoms with E-state index in [2.05, 4.69) is 0 Å². The highest BCUT2D eigenvalue weighted by molar-refractivity contribution is 7.89. The summed E-state index contributed by atoms with van der Waals surface area (Å²) in [6.45, 7) is 4.91. The molecule has 1 aromatic carbocycles. The SMILES string of the molecule is COC(=O)CN1CC2(CCN(C(=O)C(C)C)CC2)COc2ccccc2S1(=O)=O. The van der Waals surface area contributed by atoms with Crippen LogP contribution in [0.1, 0.15) is 26.7 Å². The van der Waals surface area contributed by atoms with E-state index in [1.165, 1.54) is 17.5 Å². The van der Waals surface area contributed by atoms with Crippen LogP contribution in [0.5, 0.6) is 5.75 Å². The highest BCUT2D eigenvalue weighted by atomic mass is 32.2. The van der Waals surface area contributed by atoms with E-state index in [0.29, 0.717) is 32.5 Å². The number of amides is 1. The van der Waals surface area contributed by atoms with Crippen molar-refractivity contribution in [1.29, 1.82) is 0 Å². The first-order valence-electron chi connectivity index (χ1n) is 9.76. The monoisotopic (exact) mass is 424 g/mol. The molecule has 0 aromatic heterocycles. The Morgan fingerprint density at radius 1 is 1.21 bits per heavy atom. The van der Waals surface area contributed by atoms with Gasteiger partial charge in [-0.25, -0.2) is 8.42 Å². The van der Waals surface area contributed by atoms with Crippen LogP contribution in [0.15, 0.2) is 29.2 Å². The van der Waals surface area contributed by atoms with Crippen molar-refractivity contribution in [1.82, 2.24) is 9.21 Å². The van der Waals surface area contributed by atoms with Crippen molar-refractivity contribution in [3.8, 4) is 5.75 Å². The van der Waals surface area contributed by atoms with E-state index in [1.807, 2.05) is 18.7 Å². The van der Waals surface area contributed by atoms with E-state index in [1.54, 1.807) is 18.2 Å². The maximum absolute atomic E-state index is 13.3. The summed E-state index contributed by atoms with van der Waals surface area (Å²) in [5, 5.41) is 0. The van der Waals surface area contributed by atoms with Gasteiger partial charge in [0.05, 0.1) is 13.7 Å². The number of piperidine rings is 1. The number of benzene rings is 1. The number of hydrogen-bond donors (Lipinski definition) is 0. The Balaban J connectivity index is 1.92. The van der Waals surface area contributed by atoms with Crippen molar-refractivity contribution in [2.75, 3.05) is 39.9 Å². The fourth-order valence-corrected chi connectivity index (χ4v) is 5.50. The number of para-hydroxylation sites is 1. The highest BCUT2D eigenvalue weighted by Gasteiger charge is 2.44. The lowest BCUT2D eigenvalue weighted by Crippen LogP contribution is -2.53. The zero-order valence-corrected chi connectivity index (χ0v) is 17.9. The zero-order valence-electron chi connectivity index (χ0n) is 17.1. The van der Waals surface area contributed by atoms with Crippen LogP contribution in [-0.4, -0.2) is 69.4 Å². The van der Waals surface area contributed by atoms with Crippen LogP contribution >= 0.6 is 0 Å². The summed E-state index contributed by atoms with van der Waals surface area (Å²) >= 11 is 0. The van der Waals surface area contributed by atoms with E-state index < -0.39 is 21.4 Å². The zero-order chi connectivity index (χ0) is 21.2. The molecule has 2 aliphatic heterocycles. The molecule has 1 aromatic rings. The summed E-state index contributed by atoms with van der Waals surface area (Å²) in [7, 11) is -2.70. The summed E-state index contributed by atoms with van der Waals surface area (Å²) in [5.41, 5.74) is -0.484. The number of methoxy groups -OCH3 is 1. The molecule has 0 aliphatic carbocycles. The minimum Gasteiger partial charge on any atom is -0.492 e. The molecule has 2 aliphatic rings. The molecule has 0 saturated carbocycles. The van der Waals surface area contributed by atoms with Gasteiger partial charge in [-0.05, 0) is 25.0 Å². The molecule has 0 N–H and O–H groups in total. The van der Waals surface area contributed by atoms with Gasteiger partial charge in [-0.1, -0.05) is 26.0 Å². The van der Waals surface area contributed by atoms with Gasteiger partial charge in [0.1, 0.15) is 17.2 Å². The second-order valence-electron chi connectivity index (χ2n) is 8.06. The fraction of sp³-hybridized carbons (Fsp3) is 0.600. The summed E-state index contributed by atoms with van der Waals surface area (Å²) < 4.78 is 38.5. The number of esters is 1. The van der Waals surface area contributed by atoms with Gasteiger partial charge in [0.25, 0.3) is 0 Å². The maximum atomic E-state index is 13.3. The van der Waals surface area contributed by atoms with Gasteiger partial charge in [0.2, 0.25) is 15.9 Å². The first kappa shape index (κ1) is 21.6. The van der Waals surface area contributed by atoms with Crippen LogP contribution in [0.3, 0.4) is 0 Å². The summed E-state index contributed by atoms with van der Waals surface area (Å²) in [6, 6.07) is 6.46. The van der Waals surface area contributed by atoms with Crippen molar-refractivity contribution in [2.45, 2.75) is 31.6 Å². The van der Waals surface area contributed by atoms with Gasteiger partial charge in [0.15, 0.2) is 0 Å². The van der Waals surface area contributed by atoms with E-state index in [4.69, 9.17) is 9.47 Å². The second kappa shape index (κ2) is 8.31. The molecule has 1 fully saturated rings. The third-order valence-electron chi connectivity index (χ3n) is 5.68. The smallest absolute Gasteiger partial charge is 0.321 e. The van der Waals surface area contributed by atoms with Gasteiger partial charge in [-0.15, -0.1) is 0 Å². The predicted molar refractivity (Wildman–Crippen MR) is 106 cm³/mol. The molecule has 0 atom stereocenters. The number of ether oxygens (including phenoxy) is 2. The van der Waals surface area contributed by atoms with Crippen LogP contribution in [-0.2, 0) is 24.3 Å². The molecular weight excluding hydrogens is 396 g/mol. The highest BCUT2D eigenvalue weighted by Crippen LogP contribution is 2.39. The molecule has 3 rings (SSSR count). The van der Waals surface area contributed by atoms with E-state index in [0.717, 1.165) is 0 Å². The molecule has 2 heterocycles. The molecule has 1 amide bonds. The normalized spacial score (nSPS) is 21.0. The Morgan fingerprint density at radius 2 is 1.86 bits per heavy atom. The summed E-state index contributed by atoms with van der Waals surface area (Å²) in [5.74, 6) is -0.325. The van der Waals surface area contributed by atoms with E-state index >= 15 is 0 Å². The third kappa shape index (κ3) is 4.40. The number of sulfonamides is 1. The fourth-order valence-electron chi connectivity index (χ4n) is 3.88. The van der Waals surface area contributed by atoms with Crippen LogP contribution in [0, 0.1) is 11.3 Å². The van der Waals surface area contributed by atoms with E-state index in [9.17, 15) is 18.0 Å². The van der Waals surface area contributed by atoms with E-state index in [-0.39, 0.29) is 35.6 Å². The minimum atomic E-state index is -3.94. The number of hydrogen-bond acceptors (Lipinski definition) is 6. The summed E-state index contributed by atoms with van der Waals surface area (Å²) in [6.07, 6.45) is 1.20. The molecule has 29 heavy (non-hydrogen) atoms. The number of carbonyl (C=O) groups is 2. The van der Waals surface area contributed by atoms with Crippen molar-refractivity contribution in [3.05, 3.63) is 24.3 Å². The lowest BCUT2D eigenvalue weighted by atomic mass is 9.78. The first-order chi connectivity index (χ1) is 13.7. The molecule has 0 bridgehead atoms.